The van der Waals surface area contributed by atoms with Gasteiger partial charge in [-0.05, 0) is 42.9 Å². The number of nitrogens with zero attached hydrogens (tertiary/aromatic N) is 2. The number of hydrogen-bond donors (Lipinski definition) is 1. The highest BCUT2D eigenvalue weighted by Gasteiger charge is 2.33. The molecule has 0 spiro atoms. The first-order chi connectivity index (χ1) is 7.58. The number of aromatic nitrogens is 1. The largest absolute Gasteiger partial charge is 0.389 e. The van der Waals surface area contributed by atoms with Crippen LogP contribution in [0, 0.1) is 11.8 Å². The maximum Gasteiger partial charge on any atom is 0.128 e. The Labute approximate surface area is 97.1 Å². The first-order valence-electron chi connectivity index (χ1n) is 5.93. The van der Waals surface area contributed by atoms with Gasteiger partial charge in [0.15, 0.2) is 0 Å². The van der Waals surface area contributed by atoms with Gasteiger partial charge in [0.1, 0.15) is 5.82 Å². The molecule has 88 valence electrons. The summed E-state index contributed by atoms with van der Waals surface area (Å²) in [4.78, 5) is 6.52. The molecule has 0 radical (unpaired) electrons. The summed E-state index contributed by atoms with van der Waals surface area (Å²) < 4.78 is 0. The van der Waals surface area contributed by atoms with Crippen LogP contribution in [0.2, 0.25) is 0 Å². The molecule has 3 nitrogen and oxygen atoms in total. The van der Waals surface area contributed by atoms with E-state index in [0.29, 0.717) is 0 Å². The zero-order valence-corrected chi connectivity index (χ0v) is 10.2. The maximum atomic E-state index is 9.52. The lowest BCUT2D eigenvalue weighted by atomic mass is 10.1. The van der Waals surface area contributed by atoms with E-state index in [1.165, 1.54) is 6.42 Å². The average molecular weight is 220 g/mol. The van der Waals surface area contributed by atoms with Crippen LogP contribution in [0.1, 0.15) is 31.9 Å². The summed E-state index contributed by atoms with van der Waals surface area (Å²) >= 11 is 0. The van der Waals surface area contributed by atoms with Crippen molar-refractivity contribution in [1.29, 1.82) is 0 Å². The van der Waals surface area contributed by atoms with E-state index in [0.717, 1.165) is 29.8 Å². The van der Waals surface area contributed by atoms with Crippen LogP contribution in [0.5, 0.6) is 0 Å². The van der Waals surface area contributed by atoms with Crippen molar-refractivity contribution in [1.82, 2.24) is 4.98 Å². The van der Waals surface area contributed by atoms with Crippen LogP contribution >= 0.6 is 0 Å². The Balaban J connectivity index is 2.04. The minimum absolute atomic E-state index is 0.421. The molecule has 1 aromatic heterocycles. The predicted octanol–water partition coefficient (Wildman–Crippen LogP) is 2.23. The highest BCUT2D eigenvalue weighted by atomic mass is 16.3. The van der Waals surface area contributed by atoms with Crippen LogP contribution in [0.25, 0.3) is 0 Å². The van der Waals surface area contributed by atoms with E-state index in [2.05, 4.69) is 23.9 Å². The fraction of sp³-hybridized carbons (Fsp3) is 0.615. The minimum Gasteiger partial charge on any atom is -0.389 e. The fourth-order valence-electron chi connectivity index (χ4n) is 2.00. The first kappa shape index (κ1) is 11.4. The fourth-order valence-corrected chi connectivity index (χ4v) is 2.00. The van der Waals surface area contributed by atoms with Crippen molar-refractivity contribution in [3.63, 3.8) is 0 Å². The third kappa shape index (κ3) is 2.53. The second-order valence-electron chi connectivity index (χ2n) is 4.98. The molecule has 16 heavy (non-hydrogen) atoms. The molecule has 2 rings (SSSR count). The van der Waals surface area contributed by atoms with Crippen LogP contribution in [0.15, 0.2) is 18.3 Å². The van der Waals surface area contributed by atoms with Gasteiger partial charge in [-0.15, -0.1) is 0 Å². The molecule has 0 aliphatic heterocycles. The van der Waals surface area contributed by atoms with Crippen LogP contribution in [-0.2, 0) is 0 Å². The summed E-state index contributed by atoms with van der Waals surface area (Å²) in [6.07, 6.45) is 2.68. The summed E-state index contributed by atoms with van der Waals surface area (Å²) in [6.45, 7) is 5.14. The normalized spacial score (nSPS) is 25.2. The summed E-state index contributed by atoms with van der Waals surface area (Å²) in [5, 5.41) is 9.52. The lowest BCUT2D eigenvalue weighted by Crippen LogP contribution is -2.21. The summed E-state index contributed by atoms with van der Waals surface area (Å²) in [5.41, 5.74) is 0.931. The standard InChI is InChI=1S/C13H20N2O/c1-9-6-12(9)8-15(3)13-7-11(10(2)16)4-5-14-13/h4-5,7,9-10,12,16H,6,8H2,1-3H3/t9?,10-,12?/m1/s1. The topological polar surface area (TPSA) is 36.4 Å². The van der Waals surface area contributed by atoms with E-state index in [4.69, 9.17) is 0 Å². The van der Waals surface area contributed by atoms with E-state index in [1.807, 2.05) is 12.1 Å². The number of pyridine rings is 1. The van der Waals surface area contributed by atoms with Gasteiger partial charge in [0.05, 0.1) is 6.10 Å². The van der Waals surface area contributed by atoms with E-state index in [1.54, 1.807) is 13.1 Å². The number of aliphatic hydroxyl groups excluding tert-OH is 1. The smallest absolute Gasteiger partial charge is 0.128 e. The highest BCUT2D eigenvalue weighted by molar-refractivity contribution is 5.40. The van der Waals surface area contributed by atoms with Gasteiger partial charge in [-0.25, -0.2) is 4.98 Å². The Bertz CT molecular complexity index is 365. The molecule has 1 fully saturated rings. The predicted molar refractivity (Wildman–Crippen MR) is 65.4 cm³/mol. The SMILES string of the molecule is CC1CC1CN(C)c1cc([C@@H](C)O)ccn1. The van der Waals surface area contributed by atoms with Crippen molar-refractivity contribution in [2.75, 3.05) is 18.5 Å². The van der Waals surface area contributed by atoms with Gasteiger partial charge in [-0.2, -0.15) is 0 Å². The minimum atomic E-state index is -0.421. The molecule has 2 unspecified atom stereocenters. The third-order valence-electron chi connectivity index (χ3n) is 3.43. The van der Waals surface area contributed by atoms with E-state index >= 15 is 0 Å². The number of hydrogen-bond acceptors (Lipinski definition) is 3. The quantitative estimate of drug-likeness (QED) is 0.845. The van der Waals surface area contributed by atoms with Gasteiger partial charge in [0.25, 0.3) is 0 Å². The van der Waals surface area contributed by atoms with Gasteiger partial charge in [-0.3, -0.25) is 0 Å². The zero-order chi connectivity index (χ0) is 11.7. The first-order valence-corrected chi connectivity index (χ1v) is 5.93. The Morgan fingerprint density at radius 3 is 2.88 bits per heavy atom. The third-order valence-corrected chi connectivity index (χ3v) is 3.43. The van der Waals surface area contributed by atoms with Crippen LogP contribution in [0.4, 0.5) is 5.82 Å². The van der Waals surface area contributed by atoms with E-state index in [9.17, 15) is 5.11 Å². The molecule has 1 heterocycles. The molecular weight excluding hydrogens is 200 g/mol. The molecule has 1 aromatic rings. The molecule has 0 saturated heterocycles. The Morgan fingerprint density at radius 1 is 1.62 bits per heavy atom. The molecular formula is C13H20N2O. The van der Waals surface area contributed by atoms with Crippen molar-refractivity contribution in [3.05, 3.63) is 23.9 Å². The molecule has 3 heteroatoms. The lowest BCUT2D eigenvalue weighted by Gasteiger charge is -2.19. The molecule has 1 aliphatic rings. The van der Waals surface area contributed by atoms with Gasteiger partial charge in [0, 0.05) is 19.8 Å². The Morgan fingerprint density at radius 2 is 2.31 bits per heavy atom. The number of aliphatic hydroxyl groups is 1. The molecule has 1 N–H and O–H groups in total. The lowest BCUT2D eigenvalue weighted by molar-refractivity contribution is 0.199. The van der Waals surface area contributed by atoms with Gasteiger partial charge in [-0.1, -0.05) is 6.92 Å². The molecule has 1 aliphatic carbocycles. The van der Waals surface area contributed by atoms with Crippen molar-refractivity contribution in [2.24, 2.45) is 11.8 Å². The summed E-state index contributed by atoms with van der Waals surface area (Å²) in [5.74, 6) is 2.64. The second-order valence-corrected chi connectivity index (χ2v) is 4.98. The summed E-state index contributed by atoms with van der Waals surface area (Å²) in [6, 6.07) is 3.83. The van der Waals surface area contributed by atoms with Crippen LogP contribution in [-0.4, -0.2) is 23.7 Å². The van der Waals surface area contributed by atoms with Crippen molar-refractivity contribution < 1.29 is 5.11 Å². The molecule has 0 bridgehead atoms. The number of anilines is 1. The molecule has 3 atom stereocenters. The van der Waals surface area contributed by atoms with Crippen molar-refractivity contribution in [2.45, 2.75) is 26.4 Å². The van der Waals surface area contributed by atoms with E-state index in [-0.39, 0.29) is 0 Å². The Kier molecular flexibility index (Phi) is 3.15. The second kappa shape index (κ2) is 4.42. The van der Waals surface area contributed by atoms with Crippen LogP contribution in [0.3, 0.4) is 0 Å². The molecule has 0 amide bonds. The van der Waals surface area contributed by atoms with Gasteiger partial charge < -0.3 is 10.0 Å². The maximum absolute atomic E-state index is 9.52. The van der Waals surface area contributed by atoms with Gasteiger partial charge in [0.2, 0.25) is 0 Å². The average Bonchev–Trinajstić information content (AvgIpc) is 2.94. The number of rotatable bonds is 4. The highest BCUT2D eigenvalue weighted by Crippen LogP contribution is 2.38. The molecule has 0 aromatic carbocycles. The summed E-state index contributed by atoms with van der Waals surface area (Å²) in [7, 11) is 2.07. The molecule has 1 saturated carbocycles. The van der Waals surface area contributed by atoms with Gasteiger partial charge >= 0.3 is 0 Å². The van der Waals surface area contributed by atoms with E-state index < -0.39 is 6.10 Å². The monoisotopic (exact) mass is 220 g/mol. The van der Waals surface area contributed by atoms with Crippen molar-refractivity contribution >= 4 is 5.82 Å². The Hall–Kier alpha value is -1.09. The van der Waals surface area contributed by atoms with Crippen molar-refractivity contribution in [3.8, 4) is 0 Å². The zero-order valence-electron chi connectivity index (χ0n) is 10.2. The van der Waals surface area contributed by atoms with Crippen LogP contribution < -0.4 is 4.90 Å².